The summed E-state index contributed by atoms with van der Waals surface area (Å²) in [5, 5.41) is 0. The van der Waals surface area contributed by atoms with Crippen molar-refractivity contribution in [2.45, 2.75) is 50.5 Å². The molecule has 1 rings (SSSR count). The van der Waals surface area contributed by atoms with Crippen LogP contribution < -0.4 is 9.02 Å². The van der Waals surface area contributed by atoms with E-state index in [1.807, 2.05) is 0 Å². The average molecular weight is 304 g/mol. The summed E-state index contributed by atoms with van der Waals surface area (Å²) in [4.78, 5) is 5.46. The number of benzene rings is 1. The van der Waals surface area contributed by atoms with Gasteiger partial charge < -0.3 is 0 Å². The first-order valence-electron chi connectivity index (χ1n) is 7.62. The molecule has 2 heteroatoms. The first-order valence-corrected chi connectivity index (χ1v) is 12.3. The van der Waals surface area contributed by atoms with Crippen molar-refractivity contribution in [3.05, 3.63) is 24.3 Å². The van der Waals surface area contributed by atoms with E-state index in [4.69, 9.17) is 0 Å². The predicted molar refractivity (Wildman–Crippen MR) is 85.6 cm³/mol. The van der Waals surface area contributed by atoms with Gasteiger partial charge in [0.2, 0.25) is 0 Å². The van der Waals surface area contributed by atoms with Crippen LogP contribution in [0.1, 0.15) is 40.5 Å². The molecule has 18 heavy (non-hydrogen) atoms. The van der Waals surface area contributed by atoms with Crippen LogP contribution in [0.15, 0.2) is 24.3 Å². The number of anilines is 1. The third-order valence-electron chi connectivity index (χ3n) is 3.69. The second kappa shape index (κ2) is 8.71. The van der Waals surface area contributed by atoms with E-state index in [1.54, 1.807) is 9.81 Å². The maximum absolute atomic E-state index is 2.61. The van der Waals surface area contributed by atoms with Gasteiger partial charge in [0, 0.05) is 0 Å². The van der Waals surface area contributed by atoms with Gasteiger partial charge in [-0.05, 0) is 0 Å². The molecule has 1 aromatic rings. The van der Waals surface area contributed by atoms with Crippen molar-refractivity contribution in [1.29, 1.82) is 0 Å². The average Bonchev–Trinajstić information content (AvgIpc) is 2.41. The van der Waals surface area contributed by atoms with Crippen molar-refractivity contribution in [3.8, 4) is 0 Å². The van der Waals surface area contributed by atoms with E-state index in [-0.39, 0.29) is 0 Å². The van der Waals surface area contributed by atoms with Gasteiger partial charge in [0.25, 0.3) is 0 Å². The molecule has 0 saturated carbocycles. The Balaban J connectivity index is 3.04. The molecule has 0 bridgehead atoms. The number of hydrogen-bond acceptors (Lipinski definition) is 1. The van der Waals surface area contributed by atoms with Crippen molar-refractivity contribution in [1.82, 2.24) is 0 Å². The zero-order valence-corrected chi connectivity index (χ0v) is 15.0. The van der Waals surface area contributed by atoms with Crippen molar-refractivity contribution in [2.75, 3.05) is 18.0 Å². The molecular weight excluding hydrogens is 276 g/mol. The summed E-state index contributed by atoms with van der Waals surface area (Å²) in [5.41, 5.74) is 1.55. The van der Waals surface area contributed by atoms with Crippen LogP contribution in [-0.2, 0) is 0 Å². The van der Waals surface area contributed by atoms with Gasteiger partial charge in [-0.15, -0.1) is 0 Å². The number of para-hydroxylation sites is 1. The first-order chi connectivity index (χ1) is 8.78. The Morgan fingerprint density at radius 2 is 1.44 bits per heavy atom. The summed E-state index contributed by atoms with van der Waals surface area (Å²) in [7, 11) is 0. The van der Waals surface area contributed by atoms with Crippen LogP contribution in [-0.4, -0.2) is 29.3 Å². The van der Waals surface area contributed by atoms with Crippen LogP contribution in [0.2, 0.25) is 9.95 Å². The molecule has 0 radical (unpaired) electrons. The van der Waals surface area contributed by atoms with E-state index in [2.05, 4.69) is 56.9 Å². The SMILES string of the molecule is CCCN(CCC)c1cccc[c]1[Ga]([CH2]C)[CH2]C. The van der Waals surface area contributed by atoms with Gasteiger partial charge >= 0.3 is 119 Å². The van der Waals surface area contributed by atoms with Crippen molar-refractivity contribution >= 4 is 26.0 Å². The molecule has 0 unspecified atom stereocenters. The quantitative estimate of drug-likeness (QED) is 0.655. The third-order valence-corrected chi connectivity index (χ3v) is 10.7. The van der Waals surface area contributed by atoms with Gasteiger partial charge in [-0.25, -0.2) is 0 Å². The minimum atomic E-state index is -1.24. The molecule has 0 fully saturated rings. The molecule has 0 aromatic heterocycles. The van der Waals surface area contributed by atoms with Crippen LogP contribution in [0.5, 0.6) is 0 Å². The summed E-state index contributed by atoms with van der Waals surface area (Å²) in [6.07, 6.45) is 2.48. The molecule has 0 saturated heterocycles. The molecule has 0 aliphatic rings. The number of hydrogen-bond donors (Lipinski definition) is 0. The maximum atomic E-state index is 2.61. The Kier molecular flexibility index (Phi) is 7.60. The van der Waals surface area contributed by atoms with Gasteiger partial charge in [-0.2, -0.15) is 0 Å². The van der Waals surface area contributed by atoms with E-state index < -0.39 is 16.2 Å². The van der Waals surface area contributed by atoms with Crippen LogP contribution in [0.25, 0.3) is 0 Å². The van der Waals surface area contributed by atoms with E-state index in [0.29, 0.717) is 0 Å². The monoisotopic (exact) mass is 303 g/mol. The summed E-state index contributed by atoms with van der Waals surface area (Å²) < 4.78 is 1.73. The van der Waals surface area contributed by atoms with E-state index in [0.717, 1.165) is 0 Å². The van der Waals surface area contributed by atoms with E-state index >= 15 is 0 Å². The first kappa shape index (κ1) is 15.7. The molecular formula is C16H28GaN. The minimum absolute atomic E-state index is 1.20. The molecule has 0 heterocycles. The van der Waals surface area contributed by atoms with Gasteiger partial charge in [0.1, 0.15) is 0 Å². The molecule has 100 valence electrons. The number of rotatable bonds is 8. The molecule has 0 amide bonds. The van der Waals surface area contributed by atoms with Crippen molar-refractivity contribution in [2.24, 2.45) is 0 Å². The molecule has 0 N–H and O–H groups in total. The standard InChI is InChI=1S/C12H18N.2C2H5.Ga/c1-3-10-13(11-4-2)12-8-6-5-7-9-12;2*1-2;/h5-8H,3-4,10-11H2,1-2H3;2*1H2,2H3;. The van der Waals surface area contributed by atoms with Gasteiger partial charge in [-0.1, -0.05) is 0 Å². The second-order valence-electron chi connectivity index (χ2n) is 5.06. The molecule has 1 nitrogen and oxygen atoms in total. The zero-order chi connectivity index (χ0) is 13.4. The fourth-order valence-electron chi connectivity index (χ4n) is 2.74. The predicted octanol–water partition coefficient (Wildman–Crippen LogP) is 4.05. The summed E-state index contributed by atoms with van der Waals surface area (Å²) in [5.74, 6) is 0. The van der Waals surface area contributed by atoms with E-state index in [1.165, 1.54) is 35.9 Å². The number of nitrogens with zero attached hydrogens (tertiary/aromatic N) is 1. The fraction of sp³-hybridized carbons (Fsp3) is 0.625. The Hall–Kier alpha value is -0.344. The van der Waals surface area contributed by atoms with E-state index in [9.17, 15) is 0 Å². The van der Waals surface area contributed by atoms with Crippen molar-refractivity contribution < 1.29 is 0 Å². The normalized spacial score (nSPS) is 10.4. The van der Waals surface area contributed by atoms with Crippen molar-refractivity contribution in [3.63, 3.8) is 0 Å². The molecule has 0 aliphatic heterocycles. The molecule has 0 atom stereocenters. The zero-order valence-electron chi connectivity index (χ0n) is 12.6. The summed E-state index contributed by atoms with van der Waals surface area (Å²) in [6.45, 7) is 11.7. The summed E-state index contributed by atoms with van der Waals surface area (Å²) in [6, 6.07) is 9.20. The topological polar surface area (TPSA) is 3.24 Å². The van der Waals surface area contributed by atoms with Crippen LogP contribution >= 0.6 is 0 Å². The van der Waals surface area contributed by atoms with Crippen LogP contribution in [0.3, 0.4) is 0 Å². The third kappa shape index (κ3) is 4.10. The van der Waals surface area contributed by atoms with Crippen LogP contribution in [0.4, 0.5) is 5.69 Å². The fourth-order valence-corrected chi connectivity index (χ4v) is 8.07. The second-order valence-corrected chi connectivity index (χ2v) is 12.7. The Morgan fingerprint density at radius 3 is 1.94 bits per heavy atom. The van der Waals surface area contributed by atoms with Gasteiger partial charge in [0.05, 0.1) is 0 Å². The Morgan fingerprint density at radius 1 is 0.889 bits per heavy atom. The Labute approximate surface area is 119 Å². The molecule has 1 aromatic carbocycles. The summed E-state index contributed by atoms with van der Waals surface area (Å²) >= 11 is -1.24. The van der Waals surface area contributed by atoms with Gasteiger partial charge in [0.15, 0.2) is 0 Å². The Bertz CT molecular complexity index is 328. The molecule has 0 spiro atoms. The van der Waals surface area contributed by atoms with Gasteiger partial charge in [-0.3, -0.25) is 0 Å². The van der Waals surface area contributed by atoms with Crippen LogP contribution in [0, 0.1) is 0 Å². The molecule has 0 aliphatic carbocycles.